The Morgan fingerprint density at radius 3 is 2.10 bits per heavy atom. The third-order valence-electron chi connectivity index (χ3n) is 3.22. The first-order chi connectivity index (χ1) is 9.52. The first-order valence-corrected chi connectivity index (χ1v) is 6.16. The Morgan fingerprint density at radius 2 is 1.50 bits per heavy atom. The number of carbonyl (C=O) groups excluding carboxylic acids is 1. The summed E-state index contributed by atoms with van der Waals surface area (Å²) >= 11 is 0. The number of hydrogen-bond acceptors (Lipinski definition) is 3. The molecule has 4 nitrogen and oxygen atoms in total. The molecular weight excluding hydrogens is 256 g/mol. The van der Waals surface area contributed by atoms with Crippen LogP contribution in [0.5, 0.6) is 5.75 Å². The van der Waals surface area contributed by atoms with Gasteiger partial charge >= 0.3 is 5.97 Å². The largest absolute Gasteiger partial charge is 0.508 e. The number of carboxylic acid groups (broad SMARTS) is 1. The van der Waals surface area contributed by atoms with Crippen LogP contribution in [-0.2, 0) is 0 Å². The second-order valence-electron chi connectivity index (χ2n) is 4.50. The topological polar surface area (TPSA) is 74.6 Å². The summed E-state index contributed by atoms with van der Waals surface area (Å²) in [5.41, 5.74) is 0.605. The molecule has 2 aromatic rings. The highest BCUT2D eigenvalue weighted by atomic mass is 16.4. The van der Waals surface area contributed by atoms with Gasteiger partial charge in [-0.1, -0.05) is 43.3 Å². The van der Waals surface area contributed by atoms with Gasteiger partial charge in [0.15, 0.2) is 5.78 Å². The molecule has 1 unspecified atom stereocenters. The molecule has 2 N–H and O–H groups in total. The maximum atomic E-state index is 12.4. The third-order valence-corrected chi connectivity index (χ3v) is 3.22. The van der Waals surface area contributed by atoms with E-state index in [0.717, 1.165) is 0 Å². The number of aromatic carboxylic acids is 1. The SMILES string of the molecule is CC(C(=O)c1ccccc1C(=O)O)c1ccccc1O. The minimum atomic E-state index is -1.14. The molecule has 0 bridgehead atoms. The Labute approximate surface area is 116 Å². The van der Waals surface area contributed by atoms with Crippen LogP contribution < -0.4 is 0 Å². The first kappa shape index (κ1) is 13.8. The van der Waals surface area contributed by atoms with Crippen LogP contribution in [0.25, 0.3) is 0 Å². The lowest BCUT2D eigenvalue weighted by atomic mass is 9.89. The fraction of sp³-hybridized carbons (Fsp3) is 0.125. The van der Waals surface area contributed by atoms with E-state index in [-0.39, 0.29) is 22.7 Å². The van der Waals surface area contributed by atoms with E-state index in [9.17, 15) is 14.7 Å². The van der Waals surface area contributed by atoms with E-state index in [1.54, 1.807) is 37.3 Å². The van der Waals surface area contributed by atoms with E-state index in [1.165, 1.54) is 18.2 Å². The second kappa shape index (κ2) is 5.57. The molecule has 0 amide bonds. The Morgan fingerprint density at radius 1 is 0.950 bits per heavy atom. The van der Waals surface area contributed by atoms with Gasteiger partial charge in [-0.25, -0.2) is 4.79 Å². The van der Waals surface area contributed by atoms with E-state index in [0.29, 0.717) is 5.56 Å². The van der Waals surface area contributed by atoms with Crippen LogP contribution >= 0.6 is 0 Å². The molecule has 4 heteroatoms. The van der Waals surface area contributed by atoms with Crippen molar-refractivity contribution in [3.05, 3.63) is 65.2 Å². The Hall–Kier alpha value is -2.62. The van der Waals surface area contributed by atoms with Gasteiger partial charge in [-0.2, -0.15) is 0 Å². The standard InChI is InChI=1S/C16H14O4/c1-10(11-6-4-5-9-14(11)17)15(18)12-7-2-3-8-13(12)16(19)20/h2-10,17H,1H3,(H,19,20). The lowest BCUT2D eigenvalue weighted by molar-refractivity contribution is 0.0691. The molecule has 2 rings (SSSR count). The summed E-state index contributed by atoms with van der Waals surface area (Å²) in [4.78, 5) is 23.6. The van der Waals surface area contributed by atoms with Crippen LogP contribution in [0.2, 0.25) is 0 Å². The lowest BCUT2D eigenvalue weighted by Gasteiger charge is -2.13. The van der Waals surface area contributed by atoms with Gasteiger partial charge in [0.25, 0.3) is 0 Å². The average molecular weight is 270 g/mol. The lowest BCUT2D eigenvalue weighted by Crippen LogP contribution is -2.14. The van der Waals surface area contributed by atoms with Gasteiger partial charge in [-0.05, 0) is 12.1 Å². The van der Waals surface area contributed by atoms with Crippen LogP contribution in [0.1, 0.15) is 39.1 Å². The monoisotopic (exact) mass is 270 g/mol. The molecular formula is C16H14O4. The van der Waals surface area contributed by atoms with Crippen molar-refractivity contribution in [3.8, 4) is 5.75 Å². The highest BCUT2D eigenvalue weighted by Crippen LogP contribution is 2.28. The fourth-order valence-corrected chi connectivity index (χ4v) is 2.11. The number of para-hydroxylation sites is 1. The molecule has 0 aliphatic rings. The number of phenolic OH excluding ortho intramolecular Hbond substituents is 1. The molecule has 0 radical (unpaired) electrons. The summed E-state index contributed by atoms with van der Waals surface area (Å²) in [7, 11) is 0. The van der Waals surface area contributed by atoms with Crippen molar-refractivity contribution in [1.29, 1.82) is 0 Å². The van der Waals surface area contributed by atoms with E-state index < -0.39 is 11.9 Å². The Bertz CT molecular complexity index is 661. The summed E-state index contributed by atoms with van der Waals surface area (Å²) in [5, 5.41) is 18.9. The summed E-state index contributed by atoms with van der Waals surface area (Å²) in [6, 6.07) is 12.6. The number of phenols is 1. The molecule has 0 saturated carbocycles. The summed E-state index contributed by atoms with van der Waals surface area (Å²) < 4.78 is 0. The van der Waals surface area contributed by atoms with Crippen molar-refractivity contribution in [2.45, 2.75) is 12.8 Å². The number of ketones is 1. The molecule has 0 aromatic heterocycles. The van der Waals surface area contributed by atoms with E-state index in [1.807, 2.05) is 0 Å². The van der Waals surface area contributed by atoms with Crippen molar-refractivity contribution in [1.82, 2.24) is 0 Å². The zero-order valence-electron chi connectivity index (χ0n) is 10.9. The number of carbonyl (C=O) groups is 2. The smallest absolute Gasteiger partial charge is 0.336 e. The quantitative estimate of drug-likeness (QED) is 0.837. The minimum Gasteiger partial charge on any atom is -0.508 e. The van der Waals surface area contributed by atoms with Crippen LogP contribution in [0.15, 0.2) is 48.5 Å². The van der Waals surface area contributed by atoms with Crippen molar-refractivity contribution in [3.63, 3.8) is 0 Å². The van der Waals surface area contributed by atoms with E-state index in [4.69, 9.17) is 5.11 Å². The van der Waals surface area contributed by atoms with Gasteiger partial charge in [-0.15, -0.1) is 0 Å². The van der Waals surface area contributed by atoms with Crippen molar-refractivity contribution >= 4 is 11.8 Å². The van der Waals surface area contributed by atoms with Crippen LogP contribution in [0.3, 0.4) is 0 Å². The predicted octanol–water partition coefficient (Wildman–Crippen LogP) is 3.08. The second-order valence-corrected chi connectivity index (χ2v) is 4.50. The highest BCUT2D eigenvalue weighted by Gasteiger charge is 2.23. The third kappa shape index (κ3) is 2.54. The summed E-state index contributed by atoms with van der Waals surface area (Å²) in [6.45, 7) is 1.65. The van der Waals surface area contributed by atoms with Gasteiger partial charge in [0.2, 0.25) is 0 Å². The molecule has 20 heavy (non-hydrogen) atoms. The van der Waals surface area contributed by atoms with Crippen LogP contribution in [-0.4, -0.2) is 22.0 Å². The van der Waals surface area contributed by atoms with Gasteiger partial charge in [0.05, 0.1) is 5.56 Å². The highest BCUT2D eigenvalue weighted by molar-refractivity contribution is 6.08. The van der Waals surface area contributed by atoms with Crippen LogP contribution in [0, 0.1) is 0 Å². The number of Topliss-reactive ketones (excluding diaryl/α,β-unsaturated/α-hetero) is 1. The van der Waals surface area contributed by atoms with Crippen molar-refractivity contribution in [2.24, 2.45) is 0 Å². The maximum absolute atomic E-state index is 12.4. The zero-order valence-corrected chi connectivity index (χ0v) is 10.9. The van der Waals surface area contributed by atoms with E-state index >= 15 is 0 Å². The van der Waals surface area contributed by atoms with Crippen molar-refractivity contribution in [2.75, 3.05) is 0 Å². The molecule has 0 aliphatic carbocycles. The fourth-order valence-electron chi connectivity index (χ4n) is 2.11. The van der Waals surface area contributed by atoms with Crippen LogP contribution in [0.4, 0.5) is 0 Å². The molecule has 2 aromatic carbocycles. The molecule has 102 valence electrons. The first-order valence-electron chi connectivity index (χ1n) is 6.16. The normalized spacial score (nSPS) is 11.8. The number of benzene rings is 2. The average Bonchev–Trinajstić information content (AvgIpc) is 2.46. The number of rotatable bonds is 4. The number of carboxylic acids is 1. The van der Waals surface area contributed by atoms with Gasteiger partial charge in [-0.3, -0.25) is 4.79 Å². The molecule has 0 heterocycles. The minimum absolute atomic E-state index is 0.0280. The molecule has 0 fully saturated rings. The van der Waals surface area contributed by atoms with Crippen molar-refractivity contribution < 1.29 is 19.8 Å². The van der Waals surface area contributed by atoms with E-state index in [2.05, 4.69) is 0 Å². The Balaban J connectivity index is 2.42. The number of aromatic hydroxyl groups is 1. The predicted molar refractivity (Wildman–Crippen MR) is 74.3 cm³/mol. The summed E-state index contributed by atoms with van der Waals surface area (Å²) in [6.07, 6.45) is 0. The van der Waals surface area contributed by atoms with Gasteiger partial charge in [0.1, 0.15) is 5.75 Å². The van der Waals surface area contributed by atoms with Gasteiger partial charge < -0.3 is 10.2 Å². The zero-order chi connectivity index (χ0) is 14.7. The maximum Gasteiger partial charge on any atom is 0.336 e. The molecule has 0 saturated heterocycles. The van der Waals surface area contributed by atoms with Gasteiger partial charge in [0, 0.05) is 17.0 Å². The number of hydrogen-bond donors (Lipinski definition) is 2. The Kier molecular flexibility index (Phi) is 3.84. The molecule has 1 atom stereocenters. The molecule has 0 spiro atoms. The summed E-state index contributed by atoms with van der Waals surface area (Å²) in [5.74, 6) is -2.05. The molecule has 0 aliphatic heterocycles.